The summed E-state index contributed by atoms with van der Waals surface area (Å²) in [4.78, 5) is 26.5. The van der Waals surface area contributed by atoms with Crippen molar-refractivity contribution >= 4 is 17.7 Å². The molecule has 0 aromatic heterocycles. The molecule has 0 aliphatic carbocycles. The molecule has 148 valence electrons. The molecular formula is C18H25FN4O4. The Balaban J connectivity index is 1.62. The monoisotopic (exact) mass is 380 g/mol. The molecule has 8 nitrogen and oxygen atoms in total. The van der Waals surface area contributed by atoms with Crippen molar-refractivity contribution in [3.8, 4) is 5.75 Å². The first-order valence-electron chi connectivity index (χ1n) is 9.07. The van der Waals surface area contributed by atoms with Crippen molar-refractivity contribution in [1.29, 1.82) is 0 Å². The van der Waals surface area contributed by atoms with Gasteiger partial charge >= 0.3 is 6.09 Å². The maximum absolute atomic E-state index is 14.5. The minimum atomic E-state index is -0.562. The Kier molecular flexibility index (Phi) is 6.12. The molecule has 2 saturated heterocycles. The SMILES string of the molecule is CC(=O)NC[C@H]1CN(c2ccc(O[C@@H](C)N3CCNCC3)c(F)c2)C(=O)O1. The molecule has 0 saturated carbocycles. The molecule has 0 bridgehead atoms. The third kappa shape index (κ3) is 4.86. The zero-order chi connectivity index (χ0) is 19.4. The molecule has 27 heavy (non-hydrogen) atoms. The van der Waals surface area contributed by atoms with Crippen LogP contribution < -0.4 is 20.3 Å². The van der Waals surface area contributed by atoms with Gasteiger partial charge in [-0.1, -0.05) is 0 Å². The van der Waals surface area contributed by atoms with E-state index in [0.29, 0.717) is 5.69 Å². The van der Waals surface area contributed by atoms with Gasteiger partial charge in [-0.05, 0) is 19.1 Å². The summed E-state index contributed by atoms with van der Waals surface area (Å²) in [5.41, 5.74) is 0.394. The fourth-order valence-electron chi connectivity index (χ4n) is 3.15. The third-order valence-corrected chi connectivity index (χ3v) is 4.64. The quantitative estimate of drug-likeness (QED) is 0.764. The van der Waals surface area contributed by atoms with Gasteiger partial charge < -0.3 is 20.1 Å². The first kappa shape index (κ1) is 19.4. The van der Waals surface area contributed by atoms with Crippen molar-refractivity contribution in [1.82, 2.24) is 15.5 Å². The molecule has 3 rings (SSSR count). The summed E-state index contributed by atoms with van der Waals surface area (Å²) in [6.07, 6.45) is -1.27. The number of halogens is 1. The van der Waals surface area contributed by atoms with Crippen LogP contribution in [0.2, 0.25) is 0 Å². The van der Waals surface area contributed by atoms with Crippen molar-refractivity contribution in [2.24, 2.45) is 0 Å². The van der Waals surface area contributed by atoms with E-state index in [2.05, 4.69) is 15.5 Å². The van der Waals surface area contributed by atoms with E-state index in [4.69, 9.17) is 9.47 Å². The predicted octanol–water partition coefficient (Wildman–Crippen LogP) is 0.917. The number of anilines is 1. The summed E-state index contributed by atoms with van der Waals surface area (Å²) in [5.74, 6) is -0.588. The topological polar surface area (TPSA) is 83.1 Å². The number of carbonyl (C=O) groups is 2. The fourth-order valence-corrected chi connectivity index (χ4v) is 3.15. The molecule has 2 aliphatic rings. The molecule has 2 heterocycles. The van der Waals surface area contributed by atoms with Crippen LogP contribution in [0.15, 0.2) is 18.2 Å². The standard InChI is InChI=1S/C18H25FN4O4/c1-12(24)21-10-15-11-23(18(25)27-15)14-3-4-17(16(19)9-14)26-13(2)22-7-5-20-6-8-22/h3-4,9,13,15,20H,5-8,10-11H2,1-2H3,(H,21,24)/t13-,15-/m0/s1. The number of cyclic esters (lactones) is 1. The van der Waals surface area contributed by atoms with Crippen LogP contribution in [0, 0.1) is 5.82 Å². The lowest BCUT2D eigenvalue weighted by molar-refractivity contribution is -0.119. The first-order valence-corrected chi connectivity index (χ1v) is 9.07. The number of nitrogens with one attached hydrogen (secondary N) is 2. The van der Waals surface area contributed by atoms with E-state index in [1.807, 2.05) is 6.92 Å². The zero-order valence-electron chi connectivity index (χ0n) is 15.5. The molecule has 2 N–H and O–H groups in total. The highest BCUT2D eigenvalue weighted by Crippen LogP contribution is 2.28. The molecule has 2 fully saturated rings. The number of benzene rings is 1. The Morgan fingerprint density at radius 3 is 2.85 bits per heavy atom. The summed E-state index contributed by atoms with van der Waals surface area (Å²) in [6.45, 7) is 7.20. The number of piperazine rings is 1. The Hall–Kier alpha value is -2.39. The number of carbonyl (C=O) groups excluding carboxylic acids is 2. The van der Waals surface area contributed by atoms with Gasteiger partial charge in [0.05, 0.1) is 18.8 Å². The van der Waals surface area contributed by atoms with Gasteiger partial charge in [0, 0.05) is 39.2 Å². The Morgan fingerprint density at radius 1 is 1.44 bits per heavy atom. The van der Waals surface area contributed by atoms with Crippen LogP contribution in [0.5, 0.6) is 5.75 Å². The molecule has 2 aliphatic heterocycles. The summed E-state index contributed by atoms with van der Waals surface area (Å²) in [6, 6.07) is 4.42. The number of ether oxygens (including phenoxy) is 2. The minimum Gasteiger partial charge on any atom is -0.472 e. The van der Waals surface area contributed by atoms with Gasteiger partial charge in [-0.15, -0.1) is 0 Å². The van der Waals surface area contributed by atoms with Crippen LogP contribution in [0.25, 0.3) is 0 Å². The van der Waals surface area contributed by atoms with Crippen LogP contribution >= 0.6 is 0 Å². The normalized spacial score (nSPS) is 21.7. The summed E-state index contributed by atoms with van der Waals surface area (Å²) in [7, 11) is 0. The largest absolute Gasteiger partial charge is 0.472 e. The van der Waals surface area contributed by atoms with E-state index in [1.165, 1.54) is 24.0 Å². The maximum Gasteiger partial charge on any atom is 0.414 e. The number of hydrogen-bond donors (Lipinski definition) is 2. The zero-order valence-corrected chi connectivity index (χ0v) is 15.5. The van der Waals surface area contributed by atoms with Crippen molar-refractivity contribution in [2.45, 2.75) is 26.2 Å². The highest BCUT2D eigenvalue weighted by atomic mass is 19.1. The van der Waals surface area contributed by atoms with E-state index in [9.17, 15) is 14.0 Å². The smallest absolute Gasteiger partial charge is 0.414 e. The number of amides is 2. The van der Waals surface area contributed by atoms with Crippen LogP contribution in [0.3, 0.4) is 0 Å². The maximum atomic E-state index is 14.5. The van der Waals surface area contributed by atoms with Gasteiger partial charge in [0.25, 0.3) is 0 Å². The number of hydrogen-bond acceptors (Lipinski definition) is 6. The van der Waals surface area contributed by atoms with Gasteiger partial charge in [-0.2, -0.15) is 0 Å². The minimum absolute atomic E-state index is 0.146. The second kappa shape index (κ2) is 8.53. The Morgan fingerprint density at radius 2 is 2.19 bits per heavy atom. The van der Waals surface area contributed by atoms with Gasteiger partial charge in [-0.3, -0.25) is 14.6 Å². The average molecular weight is 380 g/mol. The molecular weight excluding hydrogens is 355 g/mol. The first-order chi connectivity index (χ1) is 12.9. The number of nitrogens with zero attached hydrogens (tertiary/aromatic N) is 2. The van der Waals surface area contributed by atoms with Gasteiger partial charge in [-0.25, -0.2) is 9.18 Å². The Bertz CT molecular complexity index is 696. The van der Waals surface area contributed by atoms with E-state index in [0.717, 1.165) is 26.2 Å². The lowest BCUT2D eigenvalue weighted by Crippen LogP contribution is -2.49. The lowest BCUT2D eigenvalue weighted by Gasteiger charge is -2.32. The summed E-state index contributed by atoms with van der Waals surface area (Å²) >= 11 is 0. The van der Waals surface area contributed by atoms with Crippen LogP contribution in [-0.4, -0.2) is 68.5 Å². The van der Waals surface area contributed by atoms with Crippen molar-refractivity contribution < 1.29 is 23.5 Å². The lowest BCUT2D eigenvalue weighted by atomic mass is 10.2. The molecule has 0 radical (unpaired) electrons. The second-order valence-corrected chi connectivity index (χ2v) is 6.67. The van der Waals surface area contributed by atoms with E-state index in [-0.39, 0.29) is 31.0 Å². The van der Waals surface area contributed by atoms with Gasteiger partial charge in [0.15, 0.2) is 11.6 Å². The van der Waals surface area contributed by atoms with E-state index < -0.39 is 18.0 Å². The summed E-state index contributed by atoms with van der Waals surface area (Å²) in [5, 5.41) is 5.87. The van der Waals surface area contributed by atoms with Crippen LogP contribution in [0.1, 0.15) is 13.8 Å². The molecule has 2 amide bonds. The highest BCUT2D eigenvalue weighted by molar-refractivity contribution is 5.89. The van der Waals surface area contributed by atoms with Gasteiger partial charge in [0.2, 0.25) is 5.91 Å². The van der Waals surface area contributed by atoms with E-state index >= 15 is 0 Å². The van der Waals surface area contributed by atoms with Crippen LogP contribution in [-0.2, 0) is 9.53 Å². The Labute approximate surface area is 157 Å². The average Bonchev–Trinajstić information content (AvgIpc) is 3.03. The number of rotatable bonds is 6. The van der Waals surface area contributed by atoms with Crippen molar-refractivity contribution in [2.75, 3.05) is 44.2 Å². The summed E-state index contributed by atoms with van der Waals surface area (Å²) < 4.78 is 25.5. The van der Waals surface area contributed by atoms with Crippen molar-refractivity contribution in [3.63, 3.8) is 0 Å². The van der Waals surface area contributed by atoms with Crippen LogP contribution in [0.4, 0.5) is 14.9 Å². The molecule has 0 unspecified atom stereocenters. The van der Waals surface area contributed by atoms with Crippen molar-refractivity contribution in [3.05, 3.63) is 24.0 Å². The molecule has 1 aromatic carbocycles. The molecule has 0 spiro atoms. The predicted molar refractivity (Wildman–Crippen MR) is 97.2 cm³/mol. The molecule has 2 atom stereocenters. The highest BCUT2D eigenvalue weighted by Gasteiger charge is 2.33. The molecule has 1 aromatic rings. The van der Waals surface area contributed by atoms with E-state index in [1.54, 1.807) is 6.07 Å². The second-order valence-electron chi connectivity index (χ2n) is 6.67. The third-order valence-electron chi connectivity index (χ3n) is 4.64. The van der Waals surface area contributed by atoms with Gasteiger partial charge in [0.1, 0.15) is 12.3 Å². The fraction of sp³-hybridized carbons (Fsp3) is 0.556. The molecule has 9 heteroatoms.